The van der Waals surface area contributed by atoms with Crippen LogP contribution in [0.4, 0.5) is 5.69 Å². The average molecular weight is 415 g/mol. The molecule has 2 aliphatic rings. The highest BCUT2D eigenvalue weighted by atomic mass is 32.2. The Kier molecular flexibility index (Phi) is 5.25. The first-order valence-electron chi connectivity index (χ1n) is 9.32. The summed E-state index contributed by atoms with van der Waals surface area (Å²) in [5, 5.41) is 0. The molecule has 1 saturated heterocycles. The van der Waals surface area contributed by atoms with E-state index in [9.17, 15) is 18.0 Å². The van der Waals surface area contributed by atoms with E-state index in [-0.39, 0.29) is 56.0 Å². The standard InChI is InChI=1S/C20H21N3O5S/c24-19(14-23-17-8-4-5-9-18(17)28-15-20(23)25)21-10-12-22(13-11-21)29(26,27)16-6-2-1-3-7-16/h1-9H,10-15H2. The molecule has 1 fully saturated rings. The summed E-state index contributed by atoms with van der Waals surface area (Å²) in [5.41, 5.74) is 0.572. The zero-order chi connectivity index (χ0) is 20.4. The molecule has 2 aliphatic heterocycles. The Balaban J connectivity index is 1.41. The van der Waals surface area contributed by atoms with Crippen LogP contribution in [0.1, 0.15) is 0 Å². The number of para-hydroxylation sites is 2. The molecule has 0 bridgehead atoms. The van der Waals surface area contributed by atoms with Crippen molar-refractivity contribution in [2.24, 2.45) is 0 Å². The van der Waals surface area contributed by atoms with Crippen molar-refractivity contribution in [3.8, 4) is 5.75 Å². The van der Waals surface area contributed by atoms with Gasteiger partial charge in [-0.3, -0.25) is 14.5 Å². The number of anilines is 1. The Hall–Kier alpha value is -2.91. The molecule has 4 rings (SSSR count). The molecule has 0 radical (unpaired) electrons. The second-order valence-corrected chi connectivity index (χ2v) is 8.77. The van der Waals surface area contributed by atoms with Gasteiger partial charge in [0.25, 0.3) is 5.91 Å². The van der Waals surface area contributed by atoms with Crippen LogP contribution in [-0.4, -0.2) is 68.8 Å². The molecule has 0 atom stereocenters. The zero-order valence-corrected chi connectivity index (χ0v) is 16.5. The number of rotatable bonds is 4. The second kappa shape index (κ2) is 7.84. The van der Waals surface area contributed by atoms with Crippen molar-refractivity contribution < 1.29 is 22.7 Å². The van der Waals surface area contributed by atoms with Gasteiger partial charge in [0, 0.05) is 26.2 Å². The summed E-state index contributed by atoms with van der Waals surface area (Å²) in [4.78, 5) is 28.3. The molecular formula is C20H21N3O5S. The van der Waals surface area contributed by atoms with E-state index in [0.29, 0.717) is 11.4 Å². The molecule has 29 heavy (non-hydrogen) atoms. The molecule has 0 aliphatic carbocycles. The number of amides is 2. The molecule has 0 aromatic heterocycles. The highest BCUT2D eigenvalue weighted by Gasteiger charge is 2.32. The topological polar surface area (TPSA) is 87.2 Å². The zero-order valence-electron chi connectivity index (χ0n) is 15.7. The summed E-state index contributed by atoms with van der Waals surface area (Å²) in [5.74, 6) is 0.0767. The Bertz CT molecular complexity index is 1020. The first kappa shape index (κ1) is 19.4. The largest absolute Gasteiger partial charge is 0.482 e. The molecule has 8 nitrogen and oxygen atoms in total. The molecule has 0 unspecified atom stereocenters. The predicted molar refractivity (Wildman–Crippen MR) is 106 cm³/mol. The summed E-state index contributed by atoms with van der Waals surface area (Å²) in [6.45, 7) is 0.807. The molecule has 0 spiro atoms. The fraction of sp³-hybridized carbons (Fsp3) is 0.300. The maximum absolute atomic E-state index is 12.8. The minimum absolute atomic E-state index is 0.0926. The molecule has 152 valence electrons. The van der Waals surface area contributed by atoms with Crippen LogP contribution in [0.5, 0.6) is 5.75 Å². The minimum atomic E-state index is -3.57. The number of nitrogens with zero attached hydrogens (tertiary/aromatic N) is 3. The van der Waals surface area contributed by atoms with Crippen molar-refractivity contribution in [1.29, 1.82) is 0 Å². The number of fused-ring (bicyclic) bond motifs is 1. The van der Waals surface area contributed by atoms with E-state index >= 15 is 0 Å². The highest BCUT2D eigenvalue weighted by molar-refractivity contribution is 7.89. The van der Waals surface area contributed by atoms with Crippen molar-refractivity contribution in [2.75, 3.05) is 44.2 Å². The van der Waals surface area contributed by atoms with E-state index in [1.165, 1.54) is 9.21 Å². The first-order valence-corrected chi connectivity index (χ1v) is 10.8. The smallest absolute Gasteiger partial charge is 0.265 e. The maximum atomic E-state index is 12.8. The van der Waals surface area contributed by atoms with Gasteiger partial charge in [-0.15, -0.1) is 0 Å². The Morgan fingerprint density at radius 1 is 0.931 bits per heavy atom. The number of benzene rings is 2. The lowest BCUT2D eigenvalue weighted by molar-refractivity contribution is -0.133. The van der Waals surface area contributed by atoms with E-state index in [2.05, 4.69) is 0 Å². The Labute approximate surface area is 169 Å². The van der Waals surface area contributed by atoms with E-state index in [1.807, 2.05) is 0 Å². The number of piperazine rings is 1. The SMILES string of the molecule is O=C(CN1C(=O)COc2ccccc21)N1CCN(S(=O)(=O)c2ccccc2)CC1. The molecule has 0 saturated carbocycles. The van der Waals surface area contributed by atoms with Gasteiger partial charge in [-0.05, 0) is 24.3 Å². The van der Waals surface area contributed by atoms with Crippen LogP contribution in [0.3, 0.4) is 0 Å². The summed E-state index contributed by atoms with van der Waals surface area (Å²) < 4.78 is 32.2. The third-order valence-corrected chi connectivity index (χ3v) is 6.99. The van der Waals surface area contributed by atoms with Gasteiger partial charge in [-0.25, -0.2) is 8.42 Å². The van der Waals surface area contributed by atoms with Gasteiger partial charge in [0.1, 0.15) is 12.3 Å². The summed E-state index contributed by atoms with van der Waals surface area (Å²) >= 11 is 0. The molecular weight excluding hydrogens is 394 g/mol. The molecule has 2 aromatic rings. The van der Waals surface area contributed by atoms with Crippen LogP contribution in [-0.2, 0) is 19.6 Å². The van der Waals surface area contributed by atoms with Crippen LogP contribution in [0.15, 0.2) is 59.5 Å². The number of carbonyl (C=O) groups is 2. The number of hydrogen-bond acceptors (Lipinski definition) is 5. The van der Waals surface area contributed by atoms with E-state index in [4.69, 9.17) is 4.74 Å². The fourth-order valence-corrected chi connectivity index (χ4v) is 4.93. The quantitative estimate of drug-likeness (QED) is 0.742. The lowest BCUT2D eigenvalue weighted by Crippen LogP contribution is -2.53. The first-order chi connectivity index (χ1) is 14.0. The molecule has 2 amide bonds. The lowest BCUT2D eigenvalue weighted by Gasteiger charge is -2.36. The van der Waals surface area contributed by atoms with E-state index in [0.717, 1.165) is 0 Å². The van der Waals surface area contributed by atoms with Crippen molar-refractivity contribution in [2.45, 2.75) is 4.90 Å². The van der Waals surface area contributed by atoms with Gasteiger partial charge in [0.2, 0.25) is 15.9 Å². The highest BCUT2D eigenvalue weighted by Crippen LogP contribution is 2.31. The average Bonchev–Trinajstić information content (AvgIpc) is 2.76. The van der Waals surface area contributed by atoms with Crippen molar-refractivity contribution >= 4 is 27.5 Å². The van der Waals surface area contributed by atoms with Gasteiger partial charge in [-0.2, -0.15) is 4.31 Å². The predicted octanol–water partition coefficient (Wildman–Crippen LogP) is 0.945. The third kappa shape index (κ3) is 3.83. The Morgan fingerprint density at radius 3 is 2.31 bits per heavy atom. The summed E-state index contributed by atoms with van der Waals surface area (Å²) in [6, 6.07) is 15.3. The monoisotopic (exact) mass is 415 g/mol. The lowest BCUT2D eigenvalue weighted by atomic mass is 10.2. The fourth-order valence-electron chi connectivity index (χ4n) is 3.48. The number of sulfonamides is 1. The minimum Gasteiger partial charge on any atom is -0.482 e. The summed E-state index contributed by atoms with van der Waals surface area (Å²) in [7, 11) is -3.57. The van der Waals surface area contributed by atoms with E-state index in [1.54, 1.807) is 59.5 Å². The number of ether oxygens (including phenoxy) is 1. The maximum Gasteiger partial charge on any atom is 0.265 e. The molecule has 0 N–H and O–H groups in total. The second-order valence-electron chi connectivity index (χ2n) is 6.83. The van der Waals surface area contributed by atoms with Gasteiger partial charge in [0.05, 0.1) is 10.6 Å². The molecule has 2 heterocycles. The van der Waals surface area contributed by atoms with Crippen LogP contribution in [0.25, 0.3) is 0 Å². The van der Waals surface area contributed by atoms with Crippen LogP contribution >= 0.6 is 0 Å². The normalized spacial score (nSPS) is 17.6. The molecule has 9 heteroatoms. The molecule has 2 aromatic carbocycles. The van der Waals surface area contributed by atoms with E-state index < -0.39 is 10.0 Å². The van der Waals surface area contributed by atoms with Gasteiger partial charge in [0.15, 0.2) is 6.61 Å². The van der Waals surface area contributed by atoms with Crippen molar-refractivity contribution in [3.05, 3.63) is 54.6 Å². The Morgan fingerprint density at radius 2 is 1.59 bits per heavy atom. The van der Waals surface area contributed by atoms with Crippen molar-refractivity contribution in [3.63, 3.8) is 0 Å². The summed E-state index contributed by atoms with van der Waals surface area (Å²) in [6.07, 6.45) is 0. The van der Waals surface area contributed by atoms with Gasteiger partial charge >= 0.3 is 0 Å². The van der Waals surface area contributed by atoms with Gasteiger partial charge < -0.3 is 9.64 Å². The third-order valence-electron chi connectivity index (χ3n) is 5.07. The van der Waals surface area contributed by atoms with Crippen LogP contribution in [0.2, 0.25) is 0 Å². The number of carbonyl (C=O) groups excluding carboxylic acids is 2. The van der Waals surface area contributed by atoms with Crippen LogP contribution < -0.4 is 9.64 Å². The van der Waals surface area contributed by atoms with Crippen molar-refractivity contribution in [1.82, 2.24) is 9.21 Å². The number of hydrogen-bond donors (Lipinski definition) is 0. The van der Waals surface area contributed by atoms with Crippen LogP contribution in [0, 0.1) is 0 Å². The van der Waals surface area contributed by atoms with Gasteiger partial charge in [-0.1, -0.05) is 30.3 Å².